The fourth-order valence-corrected chi connectivity index (χ4v) is 4.38. The van der Waals surface area contributed by atoms with E-state index in [-0.39, 0.29) is 4.90 Å². The molecule has 6 heteroatoms. The minimum absolute atomic E-state index is 0.203. The van der Waals surface area contributed by atoms with Crippen LogP contribution in [0.1, 0.15) is 12.5 Å². The molecule has 140 valence electrons. The van der Waals surface area contributed by atoms with E-state index in [9.17, 15) is 8.42 Å². The molecular weight excluding hydrogens is 378 g/mol. The van der Waals surface area contributed by atoms with Crippen molar-refractivity contribution in [3.8, 4) is 5.75 Å². The van der Waals surface area contributed by atoms with Crippen LogP contribution in [0.5, 0.6) is 5.75 Å². The molecule has 0 saturated heterocycles. The molecule has 0 saturated carbocycles. The van der Waals surface area contributed by atoms with Crippen molar-refractivity contribution < 1.29 is 13.2 Å². The predicted octanol–water partition coefficient (Wildman–Crippen LogP) is 5.18. The summed E-state index contributed by atoms with van der Waals surface area (Å²) in [6.45, 7) is 2.42. The minimum atomic E-state index is -3.62. The van der Waals surface area contributed by atoms with Crippen LogP contribution >= 0.6 is 11.8 Å². The zero-order valence-electron chi connectivity index (χ0n) is 15.0. The highest BCUT2D eigenvalue weighted by Gasteiger charge is 2.14. The maximum Gasteiger partial charge on any atom is 0.261 e. The van der Waals surface area contributed by atoms with Gasteiger partial charge in [0.25, 0.3) is 10.0 Å². The second-order valence-corrected chi connectivity index (χ2v) is 8.54. The van der Waals surface area contributed by atoms with Crippen LogP contribution in [-0.2, 0) is 15.8 Å². The van der Waals surface area contributed by atoms with Crippen LogP contribution in [0.3, 0.4) is 0 Å². The Labute approximate surface area is 164 Å². The quantitative estimate of drug-likeness (QED) is 0.530. The van der Waals surface area contributed by atoms with Gasteiger partial charge in [0.1, 0.15) is 5.75 Å². The summed E-state index contributed by atoms with van der Waals surface area (Å²) >= 11 is 1.74. The Morgan fingerprint density at radius 2 is 1.56 bits per heavy atom. The predicted molar refractivity (Wildman–Crippen MR) is 111 cm³/mol. The van der Waals surface area contributed by atoms with Gasteiger partial charge in [-0.1, -0.05) is 30.3 Å². The first kappa shape index (κ1) is 19.3. The lowest BCUT2D eigenvalue weighted by atomic mass is 10.2. The number of thioether (sulfide) groups is 1. The van der Waals surface area contributed by atoms with Gasteiger partial charge in [-0.25, -0.2) is 8.42 Å². The third kappa shape index (κ3) is 5.52. The maximum absolute atomic E-state index is 12.5. The summed E-state index contributed by atoms with van der Waals surface area (Å²) in [5, 5.41) is 0. The first-order valence-corrected chi connectivity index (χ1v) is 11.1. The van der Waals surface area contributed by atoms with E-state index >= 15 is 0 Å². The number of anilines is 1. The number of rotatable bonds is 8. The Morgan fingerprint density at radius 3 is 2.19 bits per heavy atom. The molecule has 0 aliphatic rings. The second-order valence-electron chi connectivity index (χ2n) is 5.81. The molecule has 27 heavy (non-hydrogen) atoms. The molecule has 0 radical (unpaired) electrons. The van der Waals surface area contributed by atoms with Crippen LogP contribution in [0, 0.1) is 0 Å². The summed E-state index contributed by atoms with van der Waals surface area (Å²) < 4.78 is 33.0. The lowest BCUT2D eigenvalue weighted by Crippen LogP contribution is -2.12. The third-order valence-electron chi connectivity index (χ3n) is 3.80. The molecule has 0 fully saturated rings. The molecule has 3 rings (SSSR count). The fraction of sp³-hybridized carbons (Fsp3) is 0.143. The molecular formula is C21H21NO3S2. The zero-order chi connectivity index (χ0) is 19.1. The van der Waals surface area contributed by atoms with E-state index in [0.717, 1.165) is 11.3 Å². The van der Waals surface area contributed by atoms with Crippen molar-refractivity contribution in [3.05, 3.63) is 84.4 Å². The van der Waals surface area contributed by atoms with Gasteiger partial charge in [0, 0.05) is 16.3 Å². The normalized spacial score (nSPS) is 11.1. The first-order chi connectivity index (χ1) is 13.1. The molecule has 3 aromatic rings. The van der Waals surface area contributed by atoms with Crippen LogP contribution in [0.4, 0.5) is 5.69 Å². The molecule has 0 spiro atoms. The topological polar surface area (TPSA) is 55.4 Å². The molecule has 0 atom stereocenters. The van der Waals surface area contributed by atoms with Crippen molar-refractivity contribution >= 4 is 27.5 Å². The van der Waals surface area contributed by atoms with E-state index in [1.54, 1.807) is 36.0 Å². The number of nitrogens with one attached hydrogen (secondary N) is 1. The maximum atomic E-state index is 12.5. The zero-order valence-corrected chi connectivity index (χ0v) is 16.6. The van der Waals surface area contributed by atoms with Gasteiger partial charge in [-0.2, -0.15) is 0 Å². The van der Waals surface area contributed by atoms with Crippen molar-refractivity contribution in [1.29, 1.82) is 0 Å². The molecule has 0 unspecified atom stereocenters. The summed E-state index contributed by atoms with van der Waals surface area (Å²) in [5.41, 5.74) is 1.67. The molecule has 0 aliphatic heterocycles. The second kappa shape index (κ2) is 8.97. The van der Waals surface area contributed by atoms with Crippen LogP contribution in [0.2, 0.25) is 0 Å². The van der Waals surface area contributed by atoms with Crippen LogP contribution < -0.4 is 9.46 Å². The molecule has 3 aromatic carbocycles. The van der Waals surface area contributed by atoms with Crippen LogP contribution in [0.15, 0.2) is 88.7 Å². The van der Waals surface area contributed by atoms with Crippen molar-refractivity contribution in [3.63, 3.8) is 0 Å². The molecule has 4 nitrogen and oxygen atoms in total. The van der Waals surface area contributed by atoms with Gasteiger partial charge in [-0.15, -0.1) is 11.8 Å². The van der Waals surface area contributed by atoms with Crippen LogP contribution in [0.25, 0.3) is 0 Å². The minimum Gasteiger partial charge on any atom is -0.494 e. The van der Waals surface area contributed by atoms with Gasteiger partial charge < -0.3 is 4.74 Å². The van der Waals surface area contributed by atoms with E-state index in [2.05, 4.69) is 16.9 Å². The van der Waals surface area contributed by atoms with Crippen molar-refractivity contribution in [2.75, 3.05) is 11.3 Å². The smallest absolute Gasteiger partial charge is 0.261 e. The number of sulfonamides is 1. The van der Waals surface area contributed by atoms with Gasteiger partial charge in [-0.3, -0.25) is 4.72 Å². The third-order valence-corrected chi connectivity index (χ3v) is 6.28. The Kier molecular flexibility index (Phi) is 6.42. The Bertz CT molecular complexity index is 955. The highest BCUT2D eigenvalue weighted by Crippen LogP contribution is 2.24. The number of hydrogen-bond acceptors (Lipinski definition) is 4. The molecule has 0 heterocycles. The van der Waals surface area contributed by atoms with Gasteiger partial charge >= 0.3 is 0 Å². The highest BCUT2D eigenvalue weighted by atomic mass is 32.2. The number of ether oxygens (including phenoxy) is 1. The fourth-order valence-electron chi connectivity index (χ4n) is 2.45. The van der Waals surface area contributed by atoms with E-state index in [1.165, 1.54) is 17.0 Å². The van der Waals surface area contributed by atoms with Crippen LogP contribution in [-0.4, -0.2) is 15.0 Å². The summed E-state index contributed by atoms with van der Waals surface area (Å²) in [4.78, 5) is 1.41. The lowest BCUT2D eigenvalue weighted by molar-refractivity contribution is 0.340. The van der Waals surface area contributed by atoms with E-state index in [1.807, 2.05) is 37.3 Å². The largest absolute Gasteiger partial charge is 0.494 e. The van der Waals surface area contributed by atoms with Crippen molar-refractivity contribution in [2.45, 2.75) is 22.5 Å². The van der Waals surface area contributed by atoms with Gasteiger partial charge in [0.15, 0.2) is 0 Å². The van der Waals surface area contributed by atoms with Crippen molar-refractivity contribution in [2.24, 2.45) is 0 Å². The van der Waals surface area contributed by atoms with E-state index < -0.39 is 10.0 Å². The molecule has 1 N–H and O–H groups in total. The lowest BCUT2D eigenvalue weighted by Gasteiger charge is -2.10. The molecule has 0 amide bonds. The summed E-state index contributed by atoms with van der Waals surface area (Å²) in [5.74, 6) is 1.48. The molecule has 0 bridgehead atoms. The summed E-state index contributed by atoms with van der Waals surface area (Å²) in [6, 6.07) is 24.0. The molecule has 0 aromatic heterocycles. The first-order valence-electron chi connectivity index (χ1n) is 8.59. The summed E-state index contributed by atoms with van der Waals surface area (Å²) in [7, 11) is -3.62. The average Bonchev–Trinajstić information content (AvgIpc) is 2.69. The van der Waals surface area contributed by atoms with Gasteiger partial charge in [-0.05, 0) is 61.0 Å². The van der Waals surface area contributed by atoms with Gasteiger partial charge in [0.05, 0.1) is 11.5 Å². The van der Waals surface area contributed by atoms with E-state index in [4.69, 9.17) is 4.74 Å². The van der Waals surface area contributed by atoms with Gasteiger partial charge in [0.2, 0.25) is 0 Å². The summed E-state index contributed by atoms with van der Waals surface area (Å²) in [6.07, 6.45) is 0. The molecule has 0 aliphatic carbocycles. The Morgan fingerprint density at radius 1 is 0.889 bits per heavy atom. The van der Waals surface area contributed by atoms with Crippen molar-refractivity contribution in [1.82, 2.24) is 0 Å². The average molecular weight is 400 g/mol. The number of hydrogen-bond donors (Lipinski definition) is 1. The number of benzene rings is 3. The standard InChI is InChI=1S/C21H21NO3S2/c1-2-25-19-12-14-21(15-13-19)27(23,24)22-18-10-8-17(9-11-18)16-26-20-6-4-3-5-7-20/h3-15,22H,2,16H2,1H3. The van der Waals surface area contributed by atoms with E-state index in [0.29, 0.717) is 18.0 Å². The Balaban J connectivity index is 1.62. The Hall–Kier alpha value is -2.44. The highest BCUT2D eigenvalue weighted by molar-refractivity contribution is 7.98. The SMILES string of the molecule is CCOc1ccc(S(=O)(=O)Nc2ccc(CSc3ccccc3)cc2)cc1. The monoisotopic (exact) mass is 399 g/mol.